The summed E-state index contributed by atoms with van der Waals surface area (Å²) in [7, 11) is 0. The highest BCUT2D eigenvalue weighted by molar-refractivity contribution is 7.16. The molecule has 0 spiro atoms. The van der Waals surface area contributed by atoms with E-state index < -0.39 is 17.8 Å². The van der Waals surface area contributed by atoms with E-state index >= 15 is 0 Å². The molecular weight excluding hydrogens is 360 g/mol. The number of nitrogens with one attached hydrogen (secondary N) is 1. The number of aromatic nitrogens is 1. The van der Waals surface area contributed by atoms with Crippen molar-refractivity contribution >= 4 is 28.3 Å². The Labute approximate surface area is 162 Å². The van der Waals surface area contributed by atoms with Crippen molar-refractivity contribution in [3.8, 4) is 11.3 Å². The van der Waals surface area contributed by atoms with Crippen LogP contribution < -0.4 is 5.32 Å². The van der Waals surface area contributed by atoms with Crippen molar-refractivity contribution in [2.24, 2.45) is 23.7 Å². The lowest BCUT2D eigenvalue weighted by molar-refractivity contribution is -0.146. The molecule has 4 rings (SSSR count). The molecule has 4 atom stereocenters. The quantitative estimate of drug-likeness (QED) is 0.777. The number of anilines is 1. The number of allylic oxidation sites excluding steroid dienone is 2. The van der Waals surface area contributed by atoms with E-state index in [0.717, 1.165) is 22.6 Å². The maximum absolute atomic E-state index is 12.8. The summed E-state index contributed by atoms with van der Waals surface area (Å²) in [5.74, 6) is -2.31. The van der Waals surface area contributed by atoms with E-state index in [1.165, 1.54) is 22.5 Å². The van der Waals surface area contributed by atoms with Gasteiger partial charge >= 0.3 is 5.97 Å². The van der Waals surface area contributed by atoms with E-state index in [1.807, 2.05) is 25.1 Å². The number of aliphatic carboxylic acids is 1. The molecule has 27 heavy (non-hydrogen) atoms. The summed E-state index contributed by atoms with van der Waals surface area (Å²) in [6, 6.07) is 6.21. The molecule has 1 saturated carbocycles. The Bertz CT molecular complexity index is 962. The third kappa shape index (κ3) is 3.08. The van der Waals surface area contributed by atoms with Gasteiger partial charge in [-0.25, -0.2) is 4.98 Å². The highest BCUT2D eigenvalue weighted by Crippen LogP contribution is 2.48. The summed E-state index contributed by atoms with van der Waals surface area (Å²) in [5, 5.41) is 13.0. The number of thiazole rings is 1. The van der Waals surface area contributed by atoms with Crippen molar-refractivity contribution in [1.29, 1.82) is 0 Å². The summed E-state index contributed by atoms with van der Waals surface area (Å²) in [4.78, 5) is 30.1. The minimum atomic E-state index is -0.891. The zero-order valence-corrected chi connectivity index (χ0v) is 16.3. The summed E-state index contributed by atoms with van der Waals surface area (Å²) in [6.07, 6.45) is 4.68. The SMILES string of the molecule is Cc1ccc(-c2nc(NC(=O)[C@H]3[C@@H](C(=O)O)[C@H]4C=C[C@H]3C4)sc2C)cc1C. The molecule has 1 amide bonds. The smallest absolute Gasteiger partial charge is 0.307 e. The number of carbonyl (C=O) groups is 2. The van der Waals surface area contributed by atoms with E-state index in [1.54, 1.807) is 0 Å². The van der Waals surface area contributed by atoms with Crippen LogP contribution in [0.3, 0.4) is 0 Å². The molecule has 0 unspecified atom stereocenters. The van der Waals surface area contributed by atoms with Crippen LogP contribution in [0.1, 0.15) is 22.4 Å². The first kappa shape index (κ1) is 17.9. The summed E-state index contributed by atoms with van der Waals surface area (Å²) < 4.78 is 0. The lowest BCUT2D eigenvalue weighted by Gasteiger charge is -2.23. The van der Waals surface area contributed by atoms with Crippen molar-refractivity contribution < 1.29 is 14.7 Å². The van der Waals surface area contributed by atoms with Gasteiger partial charge in [0.25, 0.3) is 0 Å². The van der Waals surface area contributed by atoms with Crippen LogP contribution >= 0.6 is 11.3 Å². The fourth-order valence-electron chi connectivity index (χ4n) is 4.31. The van der Waals surface area contributed by atoms with Crippen molar-refractivity contribution in [1.82, 2.24) is 4.98 Å². The number of benzene rings is 1. The average Bonchev–Trinajstić information content (AvgIpc) is 3.31. The lowest BCUT2D eigenvalue weighted by atomic mass is 9.82. The van der Waals surface area contributed by atoms with Gasteiger partial charge in [0, 0.05) is 10.4 Å². The monoisotopic (exact) mass is 382 g/mol. The third-order valence-electron chi connectivity index (χ3n) is 5.85. The number of rotatable bonds is 4. The Kier molecular flexibility index (Phi) is 4.38. The lowest BCUT2D eigenvalue weighted by Crippen LogP contribution is -2.36. The van der Waals surface area contributed by atoms with Gasteiger partial charge in [-0.1, -0.05) is 24.3 Å². The number of carboxylic acids is 1. The van der Waals surface area contributed by atoms with E-state index in [0.29, 0.717) is 5.13 Å². The molecule has 2 aromatic rings. The van der Waals surface area contributed by atoms with Crippen LogP contribution in [0.4, 0.5) is 5.13 Å². The van der Waals surface area contributed by atoms with Gasteiger partial charge in [0.15, 0.2) is 5.13 Å². The first-order valence-corrected chi connectivity index (χ1v) is 9.94. The summed E-state index contributed by atoms with van der Waals surface area (Å²) in [5.41, 5.74) is 4.31. The van der Waals surface area contributed by atoms with Gasteiger partial charge in [-0.15, -0.1) is 11.3 Å². The fourth-order valence-corrected chi connectivity index (χ4v) is 5.15. The Balaban J connectivity index is 1.57. The molecule has 6 heteroatoms. The van der Waals surface area contributed by atoms with Crippen molar-refractivity contribution in [2.75, 3.05) is 5.32 Å². The minimum Gasteiger partial charge on any atom is -0.481 e. The average molecular weight is 382 g/mol. The Hall–Kier alpha value is -2.47. The van der Waals surface area contributed by atoms with Crippen LogP contribution in [0.2, 0.25) is 0 Å². The number of carbonyl (C=O) groups excluding carboxylic acids is 1. The molecule has 2 aliphatic rings. The molecular formula is C21H22N2O3S. The van der Waals surface area contributed by atoms with Gasteiger partial charge in [-0.2, -0.15) is 0 Å². The molecule has 2 aliphatic carbocycles. The van der Waals surface area contributed by atoms with E-state index in [9.17, 15) is 14.7 Å². The molecule has 2 N–H and O–H groups in total. The maximum Gasteiger partial charge on any atom is 0.307 e. The van der Waals surface area contributed by atoms with E-state index in [-0.39, 0.29) is 17.7 Å². The summed E-state index contributed by atoms with van der Waals surface area (Å²) >= 11 is 1.43. The van der Waals surface area contributed by atoms with Gasteiger partial charge in [0.2, 0.25) is 5.91 Å². The van der Waals surface area contributed by atoms with Crippen LogP contribution in [0.25, 0.3) is 11.3 Å². The number of nitrogens with zero attached hydrogens (tertiary/aromatic N) is 1. The minimum absolute atomic E-state index is 0.0105. The standard InChI is InChI=1S/C21H22N2O3S/c1-10-4-5-15(8-11(10)2)18-12(3)27-21(22-18)23-19(24)16-13-6-7-14(9-13)17(16)20(25)26/h4-8,13-14,16-17H,9H2,1-3H3,(H,25,26)(H,22,23,24)/t13-,14-,16+,17-/m0/s1. The summed E-state index contributed by atoms with van der Waals surface area (Å²) in [6.45, 7) is 6.12. The second-order valence-electron chi connectivity index (χ2n) is 7.55. The van der Waals surface area contributed by atoms with Crippen LogP contribution in [0.5, 0.6) is 0 Å². The fraction of sp³-hybridized carbons (Fsp3) is 0.381. The zero-order valence-electron chi connectivity index (χ0n) is 15.5. The van der Waals surface area contributed by atoms with Gasteiger partial charge in [0.1, 0.15) is 0 Å². The number of amides is 1. The predicted molar refractivity (Wildman–Crippen MR) is 106 cm³/mol. The van der Waals surface area contributed by atoms with E-state index in [2.05, 4.69) is 36.3 Å². The number of fused-ring (bicyclic) bond motifs is 2. The predicted octanol–water partition coefficient (Wildman–Crippen LogP) is 4.20. The Morgan fingerprint density at radius 1 is 1.11 bits per heavy atom. The first-order valence-electron chi connectivity index (χ1n) is 9.12. The highest BCUT2D eigenvalue weighted by Gasteiger charge is 2.51. The number of aryl methyl sites for hydroxylation is 3. The van der Waals surface area contributed by atoms with Crippen LogP contribution in [-0.4, -0.2) is 22.0 Å². The molecule has 1 fully saturated rings. The Morgan fingerprint density at radius 3 is 2.48 bits per heavy atom. The molecule has 0 aliphatic heterocycles. The number of hydrogen-bond donors (Lipinski definition) is 2. The number of hydrogen-bond acceptors (Lipinski definition) is 4. The van der Waals surface area contributed by atoms with E-state index in [4.69, 9.17) is 0 Å². The largest absolute Gasteiger partial charge is 0.481 e. The topological polar surface area (TPSA) is 79.3 Å². The zero-order chi connectivity index (χ0) is 19.3. The van der Waals surface area contributed by atoms with Gasteiger partial charge in [-0.3, -0.25) is 9.59 Å². The molecule has 1 aromatic carbocycles. The van der Waals surface area contributed by atoms with Crippen LogP contribution in [-0.2, 0) is 9.59 Å². The second kappa shape index (κ2) is 6.60. The van der Waals surface area contributed by atoms with Gasteiger partial charge in [0.05, 0.1) is 17.5 Å². The van der Waals surface area contributed by atoms with Crippen LogP contribution in [0, 0.1) is 44.4 Å². The third-order valence-corrected chi connectivity index (χ3v) is 6.74. The second-order valence-corrected chi connectivity index (χ2v) is 8.75. The molecule has 1 aromatic heterocycles. The molecule has 0 saturated heterocycles. The maximum atomic E-state index is 12.8. The molecule has 0 radical (unpaired) electrons. The number of carboxylic acid groups (broad SMARTS) is 1. The van der Waals surface area contributed by atoms with Gasteiger partial charge in [-0.05, 0) is 56.2 Å². The highest BCUT2D eigenvalue weighted by atomic mass is 32.1. The molecule has 5 nitrogen and oxygen atoms in total. The van der Waals surface area contributed by atoms with Crippen LogP contribution in [0.15, 0.2) is 30.4 Å². The first-order chi connectivity index (χ1) is 12.8. The van der Waals surface area contributed by atoms with Crippen molar-refractivity contribution in [3.63, 3.8) is 0 Å². The normalized spacial score (nSPS) is 25.7. The Morgan fingerprint density at radius 2 is 1.81 bits per heavy atom. The molecule has 140 valence electrons. The molecule has 1 heterocycles. The van der Waals surface area contributed by atoms with Gasteiger partial charge < -0.3 is 10.4 Å². The molecule has 2 bridgehead atoms. The van der Waals surface area contributed by atoms with Crippen molar-refractivity contribution in [2.45, 2.75) is 27.2 Å². The van der Waals surface area contributed by atoms with Crippen molar-refractivity contribution in [3.05, 3.63) is 46.4 Å².